The van der Waals surface area contributed by atoms with Gasteiger partial charge < -0.3 is 33.8 Å². The van der Waals surface area contributed by atoms with Crippen molar-refractivity contribution in [3.63, 3.8) is 0 Å². The van der Waals surface area contributed by atoms with Gasteiger partial charge in [0, 0.05) is 19.7 Å². The van der Waals surface area contributed by atoms with E-state index in [0.717, 1.165) is 18.4 Å². The van der Waals surface area contributed by atoms with Crippen LogP contribution in [0.25, 0.3) is 0 Å². The van der Waals surface area contributed by atoms with Gasteiger partial charge in [0.05, 0.1) is 27.7 Å². The van der Waals surface area contributed by atoms with Crippen molar-refractivity contribution >= 4 is 13.9 Å². The number of carbonyl (C=O) groups excluding carboxylic acids is 1. The molecule has 0 spiro atoms. The summed E-state index contributed by atoms with van der Waals surface area (Å²) in [4.78, 5) is 24.8. The van der Waals surface area contributed by atoms with E-state index in [1.807, 2.05) is 51.5 Å². The van der Waals surface area contributed by atoms with Gasteiger partial charge in [0.25, 0.3) is 7.82 Å². The number of ether oxygens (including phenoxy) is 1. The van der Waals surface area contributed by atoms with E-state index in [4.69, 9.17) is 13.8 Å². The van der Waals surface area contributed by atoms with E-state index < -0.39 is 13.9 Å². The first-order chi connectivity index (χ1) is 21.6. The minimum Gasteiger partial charge on any atom is -0.756 e. The molecule has 9 nitrogen and oxygen atoms in total. The number of likely N-dealkylation sites (N-methyl/N-ethyl adjacent to an activating group) is 1. The maximum absolute atomic E-state index is 12.5. The molecule has 0 radical (unpaired) electrons. The molecule has 1 aromatic carbocycles. The Labute approximate surface area is 275 Å². The molecule has 0 bridgehead atoms. The summed E-state index contributed by atoms with van der Waals surface area (Å²) in [7, 11) is 1.30. The van der Waals surface area contributed by atoms with E-state index in [2.05, 4.69) is 17.6 Å². The lowest BCUT2D eigenvalue weighted by molar-refractivity contribution is -0.870. The van der Waals surface area contributed by atoms with Crippen LogP contribution < -0.4 is 15.5 Å². The Bertz CT molecular complexity index is 884. The maximum Gasteiger partial charge on any atom is 0.314 e. The molecule has 0 aliphatic heterocycles. The lowest BCUT2D eigenvalue weighted by atomic mass is 10.0. The van der Waals surface area contributed by atoms with Crippen molar-refractivity contribution < 1.29 is 32.5 Å². The molecule has 0 heterocycles. The number of urea groups is 1. The van der Waals surface area contributed by atoms with Gasteiger partial charge in [0.2, 0.25) is 0 Å². The van der Waals surface area contributed by atoms with Crippen LogP contribution in [0.15, 0.2) is 30.3 Å². The molecule has 2 atom stereocenters. The normalized spacial score (nSPS) is 13.8. The first-order valence-corrected chi connectivity index (χ1v) is 19.1. The number of phosphoric acid groups is 1. The zero-order valence-corrected chi connectivity index (χ0v) is 30.0. The van der Waals surface area contributed by atoms with E-state index in [1.54, 1.807) is 0 Å². The van der Waals surface area contributed by atoms with Gasteiger partial charge in [0.1, 0.15) is 19.3 Å². The fraction of sp³-hybridized carbons (Fsp3) is 0.800. The largest absolute Gasteiger partial charge is 0.756 e. The van der Waals surface area contributed by atoms with E-state index in [1.165, 1.54) is 89.9 Å². The first-order valence-electron chi connectivity index (χ1n) is 17.7. The predicted molar refractivity (Wildman–Crippen MR) is 183 cm³/mol. The molecule has 2 amide bonds. The number of benzene rings is 1. The number of amides is 2. The fourth-order valence-electron chi connectivity index (χ4n) is 4.97. The second-order valence-electron chi connectivity index (χ2n) is 13.3. The summed E-state index contributed by atoms with van der Waals surface area (Å²) >= 11 is 0. The summed E-state index contributed by atoms with van der Waals surface area (Å²) in [5, 5.41) is 5.51. The van der Waals surface area contributed by atoms with Crippen LogP contribution >= 0.6 is 7.82 Å². The van der Waals surface area contributed by atoms with Crippen LogP contribution in [0.2, 0.25) is 0 Å². The highest BCUT2D eigenvalue weighted by Gasteiger charge is 2.21. The van der Waals surface area contributed by atoms with Gasteiger partial charge in [-0.25, -0.2) is 4.79 Å². The molecule has 0 fully saturated rings. The minimum atomic E-state index is -4.56. The van der Waals surface area contributed by atoms with Crippen LogP contribution in [0.5, 0.6) is 0 Å². The summed E-state index contributed by atoms with van der Waals surface area (Å²) in [5.41, 5.74) is 1.12. The highest BCUT2D eigenvalue weighted by Crippen LogP contribution is 2.39. The summed E-state index contributed by atoms with van der Waals surface area (Å²) in [6.45, 7) is 3.82. The molecule has 2 N–H and O–H groups in total. The minimum absolute atomic E-state index is 0.0128. The van der Waals surface area contributed by atoms with Crippen molar-refractivity contribution in [1.82, 2.24) is 10.6 Å². The molecule has 1 rings (SSSR count). The SMILES string of the molecule is CCCCCCCCCCCCCCCCCCOCC(CNC(=O)NCCc1ccccc1)OP(=O)([O-])OCC[N+](C)(C)C. The second-order valence-corrected chi connectivity index (χ2v) is 14.6. The molecule has 262 valence electrons. The molecule has 10 heteroatoms. The number of nitrogens with zero attached hydrogens (tertiary/aromatic N) is 1. The van der Waals surface area contributed by atoms with Gasteiger partial charge in [-0.15, -0.1) is 0 Å². The highest BCUT2D eigenvalue weighted by atomic mass is 31.2. The number of phosphoric ester groups is 1. The van der Waals surface area contributed by atoms with Gasteiger partial charge in [-0.3, -0.25) is 4.57 Å². The quantitative estimate of drug-likeness (QED) is 0.0509. The van der Waals surface area contributed by atoms with Crippen LogP contribution in [0.1, 0.15) is 115 Å². The number of hydrogen-bond donors (Lipinski definition) is 2. The third-order valence-corrected chi connectivity index (χ3v) is 8.82. The molecular weight excluding hydrogens is 589 g/mol. The first kappa shape index (κ1) is 41.5. The van der Waals surface area contributed by atoms with Crippen LogP contribution in [-0.4, -0.2) is 77.2 Å². The standard InChI is InChI=1S/C35H66N3O6P/c1-5-6-7-8-9-10-11-12-13-14-15-16-17-18-19-23-29-42-32-34(44-45(40,41)43-30-28-38(2,3)4)31-37-35(39)36-27-26-33-24-21-20-22-25-33/h20-22,24-25,34H,5-19,23,26-32H2,1-4H3,(H2-,36,37,39,40,41). The lowest BCUT2D eigenvalue weighted by Gasteiger charge is -2.30. The molecule has 45 heavy (non-hydrogen) atoms. The van der Waals surface area contributed by atoms with E-state index in [0.29, 0.717) is 30.6 Å². The summed E-state index contributed by atoms with van der Waals surface area (Å²) in [6, 6.07) is 9.49. The number of nitrogens with one attached hydrogen (secondary N) is 2. The third-order valence-electron chi connectivity index (χ3n) is 7.77. The summed E-state index contributed by atoms with van der Waals surface area (Å²) < 4.78 is 29.2. The van der Waals surface area contributed by atoms with Gasteiger partial charge >= 0.3 is 6.03 Å². The monoisotopic (exact) mass is 655 g/mol. The Morgan fingerprint density at radius 3 is 1.87 bits per heavy atom. The van der Waals surface area contributed by atoms with E-state index in [-0.39, 0.29) is 25.8 Å². The lowest BCUT2D eigenvalue weighted by Crippen LogP contribution is -2.42. The molecule has 2 unspecified atom stereocenters. The molecule has 0 saturated heterocycles. The topological polar surface area (TPSA) is 109 Å². The Hall–Kier alpha value is -1.48. The summed E-state index contributed by atoms with van der Waals surface area (Å²) in [5.74, 6) is 0. The Morgan fingerprint density at radius 2 is 1.33 bits per heavy atom. The van der Waals surface area contributed by atoms with E-state index >= 15 is 0 Å². The molecule has 0 aromatic heterocycles. The second kappa shape index (κ2) is 26.6. The van der Waals surface area contributed by atoms with Crippen molar-refractivity contribution in [2.75, 3.05) is 60.6 Å². The predicted octanol–water partition coefficient (Wildman–Crippen LogP) is 7.38. The number of quaternary nitrogens is 1. The van der Waals surface area contributed by atoms with Crippen molar-refractivity contribution in [1.29, 1.82) is 0 Å². The van der Waals surface area contributed by atoms with Crippen molar-refractivity contribution in [3.05, 3.63) is 35.9 Å². The Kier molecular flexibility index (Phi) is 24.5. The molecule has 0 aliphatic rings. The van der Waals surface area contributed by atoms with Crippen LogP contribution in [0.3, 0.4) is 0 Å². The van der Waals surface area contributed by atoms with Gasteiger partial charge in [-0.2, -0.15) is 0 Å². The summed E-state index contributed by atoms with van der Waals surface area (Å²) in [6.07, 6.45) is 20.7. The molecule has 0 saturated carbocycles. The Morgan fingerprint density at radius 1 is 0.800 bits per heavy atom. The zero-order valence-electron chi connectivity index (χ0n) is 29.1. The number of unbranched alkanes of at least 4 members (excludes halogenated alkanes) is 15. The molecular formula is C35H66N3O6P. The molecule has 1 aromatic rings. The smallest absolute Gasteiger partial charge is 0.314 e. The van der Waals surface area contributed by atoms with Gasteiger partial charge in [-0.05, 0) is 18.4 Å². The average molecular weight is 656 g/mol. The Balaban J connectivity index is 2.23. The van der Waals surface area contributed by atoms with Crippen molar-refractivity contribution in [2.45, 2.75) is 122 Å². The molecule has 0 aliphatic carbocycles. The van der Waals surface area contributed by atoms with Crippen molar-refractivity contribution in [2.24, 2.45) is 0 Å². The zero-order chi connectivity index (χ0) is 33.1. The number of rotatable bonds is 30. The van der Waals surface area contributed by atoms with E-state index in [9.17, 15) is 14.3 Å². The van der Waals surface area contributed by atoms with Crippen LogP contribution in [0, 0.1) is 0 Å². The average Bonchev–Trinajstić information content (AvgIpc) is 2.98. The van der Waals surface area contributed by atoms with Gasteiger partial charge in [-0.1, -0.05) is 134 Å². The fourth-order valence-corrected chi connectivity index (χ4v) is 5.83. The highest BCUT2D eigenvalue weighted by molar-refractivity contribution is 7.45. The van der Waals surface area contributed by atoms with Crippen LogP contribution in [-0.2, 0) is 24.8 Å². The van der Waals surface area contributed by atoms with Gasteiger partial charge in [0.15, 0.2) is 0 Å². The van der Waals surface area contributed by atoms with Crippen LogP contribution in [0.4, 0.5) is 4.79 Å². The number of carbonyl (C=O) groups is 1. The maximum atomic E-state index is 12.5. The number of hydrogen-bond acceptors (Lipinski definition) is 6. The third kappa shape index (κ3) is 27.4. The van der Waals surface area contributed by atoms with Crippen molar-refractivity contribution in [3.8, 4) is 0 Å².